The lowest BCUT2D eigenvalue weighted by atomic mass is 9.97. The summed E-state index contributed by atoms with van der Waals surface area (Å²) in [5, 5.41) is 4.86. The highest BCUT2D eigenvalue weighted by atomic mass is 35.5. The van der Waals surface area contributed by atoms with E-state index in [0.717, 1.165) is 34.2 Å². The van der Waals surface area contributed by atoms with Crippen molar-refractivity contribution in [2.45, 2.75) is 38.5 Å². The molecule has 1 aliphatic carbocycles. The molecule has 0 amide bonds. The van der Waals surface area contributed by atoms with Crippen LogP contribution in [0.1, 0.15) is 37.8 Å². The second-order valence-corrected chi connectivity index (χ2v) is 6.00. The second-order valence-electron chi connectivity index (χ2n) is 5.56. The van der Waals surface area contributed by atoms with E-state index < -0.39 is 0 Å². The molecule has 1 fully saturated rings. The first-order valence-electron chi connectivity index (χ1n) is 7.24. The normalized spacial score (nSPS) is 15.8. The van der Waals surface area contributed by atoms with E-state index in [1.807, 2.05) is 24.3 Å². The molecule has 0 unspecified atom stereocenters. The summed E-state index contributed by atoms with van der Waals surface area (Å²) < 4.78 is 5.19. The van der Waals surface area contributed by atoms with Crippen LogP contribution < -0.4 is 5.73 Å². The fourth-order valence-corrected chi connectivity index (χ4v) is 3.20. The van der Waals surface area contributed by atoms with Crippen LogP contribution in [0.25, 0.3) is 11.1 Å². The zero-order valence-corrected chi connectivity index (χ0v) is 12.2. The predicted molar refractivity (Wildman–Crippen MR) is 81.6 cm³/mol. The van der Waals surface area contributed by atoms with E-state index in [9.17, 15) is 0 Å². The highest BCUT2D eigenvalue weighted by Crippen LogP contribution is 2.34. The quantitative estimate of drug-likeness (QED) is 0.888. The van der Waals surface area contributed by atoms with Crippen LogP contribution in [0.4, 0.5) is 5.88 Å². The molecule has 1 saturated carbocycles. The third kappa shape index (κ3) is 2.83. The minimum Gasteiger partial charge on any atom is -0.367 e. The van der Waals surface area contributed by atoms with E-state index in [4.69, 9.17) is 21.9 Å². The molecule has 3 rings (SSSR count). The number of nitrogen functional groups attached to an aromatic ring is 1. The summed E-state index contributed by atoms with van der Waals surface area (Å²) in [4.78, 5) is 0. The van der Waals surface area contributed by atoms with Crippen molar-refractivity contribution in [3.05, 3.63) is 35.0 Å². The van der Waals surface area contributed by atoms with Crippen LogP contribution in [0.2, 0.25) is 5.02 Å². The van der Waals surface area contributed by atoms with Crippen molar-refractivity contribution in [1.82, 2.24) is 5.16 Å². The number of aryl methyl sites for hydroxylation is 1. The van der Waals surface area contributed by atoms with Gasteiger partial charge in [-0.3, -0.25) is 0 Å². The maximum atomic E-state index is 5.93. The first-order valence-corrected chi connectivity index (χ1v) is 7.62. The standard InChI is InChI=1S/C16H19ClN2O/c17-13-8-6-12(7-9-13)15-14(19-20-16(15)18)10-5-11-3-1-2-4-11/h6-9,11H,1-5,10,18H2. The van der Waals surface area contributed by atoms with Crippen LogP contribution in [0.3, 0.4) is 0 Å². The Morgan fingerprint density at radius 1 is 1.20 bits per heavy atom. The number of nitrogens with two attached hydrogens (primary N) is 1. The fourth-order valence-electron chi connectivity index (χ4n) is 3.07. The average Bonchev–Trinajstić information content (AvgIpc) is 3.07. The van der Waals surface area contributed by atoms with Crippen molar-refractivity contribution in [3.63, 3.8) is 0 Å². The van der Waals surface area contributed by atoms with Crippen molar-refractivity contribution < 1.29 is 4.52 Å². The minimum atomic E-state index is 0.397. The molecule has 1 heterocycles. The fraction of sp³-hybridized carbons (Fsp3) is 0.438. The van der Waals surface area contributed by atoms with E-state index in [1.165, 1.54) is 32.1 Å². The Kier molecular flexibility index (Phi) is 3.97. The van der Waals surface area contributed by atoms with Gasteiger partial charge in [-0.05, 0) is 36.5 Å². The van der Waals surface area contributed by atoms with Gasteiger partial charge in [0.1, 0.15) is 0 Å². The van der Waals surface area contributed by atoms with Crippen molar-refractivity contribution in [3.8, 4) is 11.1 Å². The molecule has 2 N–H and O–H groups in total. The SMILES string of the molecule is Nc1onc(CCC2CCCC2)c1-c1ccc(Cl)cc1. The van der Waals surface area contributed by atoms with Gasteiger partial charge in [0.2, 0.25) is 5.88 Å². The summed E-state index contributed by atoms with van der Waals surface area (Å²) in [6, 6.07) is 7.66. The van der Waals surface area contributed by atoms with Gasteiger partial charge in [-0.25, -0.2) is 0 Å². The summed E-state index contributed by atoms with van der Waals surface area (Å²) in [6.07, 6.45) is 7.55. The summed E-state index contributed by atoms with van der Waals surface area (Å²) in [5.74, 6) is 1.24. The molecule has 3 nitrogen and oxygen atoms in total. The Morgan fingerprint density at radius 2 is 1.90 bits per heavy atom. The Labute approximate surface area is 124 Å². The lowest BCUT2D eigenvalue weighted by molar-refractivity contribution is 0.419. The topological polar surface area (TPSA) is 52.0 Å². The molecule has 0 bridgehead atoms. The van der Waals surface area contributed by atoms with Gasteiger partial charge in [0.15, 0.2) is 0 Å². The number of hydrogen-bond donors (Lipinski definition) is 1. The molecule has 4 heteroatoms. The van der Waals surface area contributed by atoms with Crippen molar-refractivity contribution in [2.24, 2.45) is 5.92 Å². The lowest BCUT2D eigenvalue weighted by Crippen LogP contribution is -1.98. The molecule has 1 aliphatic rings. The number of hydrogen-bond acceptors (Lipinski definition) is 3. The van der Waals surface area contributed by atoms with Gasteiger partial charge in [-0.2, -0.15) is 0 Å². The molecule has 0 radical (unpaired) electrons. The van der Waals surface area contributed by atoms with Crippen molar-refractivity contribution >= 4 is 17.5 Å². The number of nitrogens with zero attached hydrogens (tertiary/aromatic N) is 1. The Morgan fingerprint density at radius 3 is 2.60 bits per heavy atom. The van der Waals surface area contributed by atoms with Gasteiger partial charge >= 0.3 is 0 Å². The Hall–Kier alpha value is -1.48. The number of aromatic nitrogens is 1. The van der Waals surface area contributed by atoms with Crippen LogP contribution in [-0.2, 0) is 6.42 Å². The number of rotatable bonds is 4. The third-order valence-corrected chi connectivity index (χ3v) is 4.44. The Bertz CT molecular complexity index is 571. The molecule has 0 saturated heterocycles. The number of benzene rings is 1. The van der Waals surface area contributed by atoms with E-state index in [2.05, 4.69) is 5.16 Å². The van der Waals surface area contributed by atoms with Gasteiger partial charge in [-0.15, -0.1) is 0 Å². The number of halogens is 1. The van der Waals surface area contributed by atoms with Crippen molar-refractivity contribution in [2.75, 3.05) is 5.73 Å². The monoisotopic (exact) mass is 290 g/mol. The Balaban J connectivity index is 1.79. The predicted octanol–water partition coefficient (Wildman–Crippen LogP) is 4.70. The summed E-state index contributed by atoms with van der Waals surface area (Å²) >= 11 is 5.93. The van der Waals surface area contributed by atoms with Crippen LogP contribution in [0.5, 0.6) is 0 Å². The van der Waals surface area contributed by atoms with Crippen LogP contribution in [0.15, 0.2) is 28.8 Å². The van der Waals surface area contributed by atoms with E-state index in [0.29, 0.717) is 5.88 Å². The van der Waals surface area contributed by atoms with E-state index in [-0.39, 0.29) is 0 Å². The lowest BCUT2D eigenvalue weighted by Gasteiger charge is -2.08. The maximum Gasteiger partial charge on any atom is 0.230 e. The molecule has 0 atom stereocenters. The second kappa shape index (κ2) is 5.88. The highest BCUT2D eigenvalue weighted by molar-refractivity contribution is 6.30. The molecule has 1 aromatic carbocycles. The van der Waals surface area contributed by atoms with Gasteiger partial charge in [-0.1, -0.05) is 54.6 Å². The van der Waals surface area contributed by atoms with Crippen molar-refractivity contribution in [1.29, 1.82) is 0 Å². The molecular formula is C16H19ClN2O. The van der Waals surface area contributed by atoms with Gasteiger partial charge < -0.3 is 10.3 Å². The zero-order chi connectivity index (χ0) is 13.9. The number of anilines is 1. The van der Waals surface area contributed by atoms with Gasteiger partial charge in [0.05, 0.1) is 11.3 Å². The maximum absolute atomic E-state index is 5.93. The molecular weight excluding hydrogens is 272 g/mol. The molecule has 2 aromatic rings. The zero-order valence-electron chi connectivity index (χ0n) is 11.4. The smallest absolute Gasteiger partial charge is 0.230 e. The van der Waals surface area contributed by atoms with Crippen LogP contribution >= 0.6 is 11.6 Å². The first-order chi connectivity index (χ1) is 9.74. The highest BCUT2D eigenvalue weighted by Gasteiger charge is 2.19. The first kappa shape index (κ1) is 13.5. The minimum absolute atomic E-state index is 0.397. The summed E-state index contributed by atoms with van der Waals surface area (Å²) in [7, 11) is 0. The summed E-state index contributed by atoms with van der Waals surface area (Å²) in [5.41, 5.74) is 8.86. The van der Waals surface area contributed by atoms with E-state index in [1.54, 1.807) is 0 Å². The summed E-state index contributed by atoms with van der Waals surface area (Å²) in [6.45, 7) is 0. The largest absolute Gasteiger partial charge is 0.367 e. The molecule has 1 aromatic heterocycles. The molecule has 0 spiro atoms. The molecule has 106 valence electrons. The van der Waals surface area contributed by atoms with Gasteiger partial charge in [0.25, 0.3) is 0 Å². The third-order valence-electron chi connectivity index (χ3n) is 4.19. The van der Waals surface area contributed by atoms with Crippen LogP contribution in [-0.4, -0.2) is 5.16 Å². The van der Waals surface area contributed by atoms with E-state index >= 15 is 0 Å². The van der Waals surface area contributed by atoms with Gasteiger partial charge in [0, 0.05) is 5.02 Å². The average molecular weight is 291 g/mol. The van der Waals surface area contributed by atoms with Crippen LogP contribution in [0, 0.1) is 5.92 Å². The molecule has 0 aliphatic heterocycles. The molecule has 20 heavy (non-hydrogen) atoms.